The van der Waals surface area contributed by atoms with Crippen LogP contribution in [0.15, 0.2) is 77.5 Å². The van der Waals surface area contributed by atoms with Gasteiger partial charge in [-0.3, -0.25) is 14.8 Å². The Morgan fingerprint density at radius 1 is 0.941 bits per heavy atom. The van der Waals surface area contributed by atoms with Gasteiger partial charge in [0.1, 0.15) is 17.1 Å². The number of anilines is 2. The van der Waals surface area contributed by atoms with Crippen molar-refractivity contribution in [3.8, 4) is 28.7 Å². The molecule has 0 radical (unpaired) electrons. The average molecular weight is 676 g/mol. The highest BCUT2D eigenvalue weighted by atomic mass is 16.3. The molecule has 3 aromatic heterocycles. The number of fused-ring (bicyclic) bond motifs is 2. The molecule has 256 valence electrons. The molecule has 0 bridgehead atoms. The summed E-state index contributed by atoms with van der Waals surface area (Å²) in [5.41, 5.74) is 11.6. The van der Waals surface area contributed by atoms with Gasteiger partial charge in [-0.15, -0.1) is 0 Å². The second kappa shape index (κ2) is 12.6. The standard InChI is InChI=1S/C42H41N7O2/c1-26-33(6-3-8-35(26)41-47-37-18-28(16-31(19-43)39(37)51-41)21-49-24-42(25-49)12-5-13-42)34-7-4-9-36(27(34)2)46-40-38-30(10-14-44-40)17-29(20-45-38)22-48-15-11-32(50)23-48/h3-4,6-10,14,16-18,20,32,50H,5,11-13,15,21-25H2,1-2H3,(H,44,46)/t32-/m1/s1. The first kappa shape index (κ1) is 31.8. The molecule has 9 nitrogen and oxygen atoms in total. The molecule has 0 unspecified atom stereocenters. The quantitative estimate of drug-likeness (QED) is 0.166. The summed E-state index contributed by atoms with van der Waals surface area (Å²) in [5, 5.41) is 24.6. The number of pyridine rings is 2. The molecular weight excluding hydrogens is 635 g/mol. The van der Waals surface area contributed by atoms with Crippen LogP contribution >= 0.6 is 0 Å². The molecule has 1 spiro atoms. The minimum atomic E-state index is -0.240. The van der Waals surface area contributed by atoms with Crippen molar-refractivity contribution in [1.29, 1.82) is 5.26 Å². The van der Waals surface area contributed by atoms with Crippen LogP contribution in [0.25, 0.3) is 44.6 Å². The van der Waals surface area contributed by atoms with Gasteiger partial charge in [0, 0.05) is 68.3 Å². The fraction of sp³-hybridized carbons (Fsp3) is 0.333. The van der Waals surface area contributed by atoms with E-state index in [1.807, 2.05) is 36.7 Å². The normalized spacial score (nSPS) is 18.6. The fourth-order valence-electron chi connectivity index (χ4n) is 8.49. The lowest BCUT2D eigenvalue weighted by Crippen LogP contribution is -2.58. The van der Waals surface area contributed by atoms with E-state index >= 15 is 0 Å². The average Bonchev–Trinajstić information content (AvgIpc) is 3.71. The number of hydrogen-bond acceptors (Lipinski definition) is 9. The maximum absolute atomic E-state index is 10.0. The van der Waals surface area contributed by atoms with Gasteiger partial charge in [-0.25, -0.2) is 9.97 Å². The molecule has 0 amide bonds. The number of nitrogens with zero attached hydrogens (tertiary/aromatic N) is 6. The lowest BCUT2D eigenvalue weighted by molar-refractivity contribution is -0.0644. The topological polar surface area (TPSA) is 114 Å². The van der Waals surface area contributed by atoms with Crippen LogP contribution in [0.1, 0.15) is 53.5 Å². The Morgan fingerprint density at radius 2 is 1.73 bits per heavy atom. The minimum Gasteiger partial charge on any atom is -0.435 e. The molecule has 9 rings (SSSR count). The van der Waals surface area contributed by atoms with Crippen molar-refractivity contribution in [2.45, 2.75) is 58.7 Å². The molecule has 1 atom stereocenters. The number of nitrogens with one attached hydrogen (secondary N) is 1. The Labute approximate surface area is 297 Å². The molecule has 6 aromatic rings. The number of aromatic nitrogens is 3. The number of likely N-dealkylation sites (tertiary alicyclic amines) is 2. The van der Waals surface area contributed by atoms with Crippen molar-refractivity contribution in [3.63, 3.8) is 0 Å². The van der Waals surface area contributed by atoms with Gasteiger partial charge in [-0.2, -0.15) is 5.26 Å². The molecule has 3 aliphatic rings. The van der Waals surface area contributed by atoms with Crippen molar-refractivity contribution in [1.82, 2.24) is 24.8 Å². The van der Waals surface area contributed by atoms with E-state index in [-0.39, 0.29) is 6.10 Å². The van der Waals surface area contributed by atoms with Crippen molar-refractivity contribution in [2.75, 3.05) is 31.5 Å². The smallest absolute Gasteiger partial charge is 0.227 e. The summed E-state index contributed by atoms with van der Waals surface area (Å²) >= 11 is 0. The predicted molar refractivity (Wildman–Crippen MR) is 199 cm³/mol. The van der Waals surface area contributed by atoms with Crippen molar-refractivity contribution in [2.24, 2.45) is 5.41 Å². The predicted octanol–water partition coefficient (Wildman–Crippen LogP) is 7.89. The van der Waals surface area contributed by atoms with Gasteiger partial charge < -0.3 is 14.8 Å². The zero-order valence-corrected chi connectivity index (χ0v) is 29.1. The summed E-state index contributed by atoms with van der Waals surface area (Å²) < 4.78 is 6.34. The lowest BCUT2D eigenvalue weighted by Gasteiger charge is -2.56. The number of benzene rings is 3. The zero-order valence-electron chi connectivity index (χ0n) is 29.1. The van der Waals surface area contributed by atoms with E-state index in [4.69, 9.17) is 14.4 Å². The van der Waals surface area contributed by atoms with Crippen LogP contribution in [0.2, 0.25) is 0 Å². The number of β-amino-alcohol motifs (C(OH)–C–C–N with tert-alkyl or cyclic N) is 1. The van der Waals surface area contributed by atoms with Gasteiger partial charge in [-0.1, -0.05) is 30.7 Å². The van der Waals surface area contributed by atoms with E-state index < -0.39 is 0 Å². The third-order valence-corrected chi connectivity index (χ3v) is 11.4. The van der Waals surface area contributed by atoms with E-state index in [0.29, 0.717) is 34.8 Å². The Hall–Kier alpha value is -5.14. The largest absolute Gasteiger partial charge is 0.435 e. The summed E-state index contributed by atoms with van der Waals surface area (Å²) in [4.78, 5) is 19.2. The number of hydrogen-bond donors (Lipinski definition) is 2. The van der Waals surface area contributed by atoms with Gasteiger partial charge >= 0.3 is 0 Å². The number of rotatable bonds is 8. The van der Waals surface area contributed by atoms with Gasteiger partial charge in [0.25, 0.3) is 0 Å². The SMILES string of the molecule is Cc1c(Nc2nccc3cc(CN4CC[C@@H](O)C4)cnc23)cccc1-c1cccc(-c2nc3cc(CN4CC5(CCC5)C4)cc(C#N)c3o2)c1C. The molecule has 1 aliphatic carbocycles. The van der Waals surface area contributed by atoms with Gasteiger partial charge in [0.15, 0.2) is 11.4 Å². The summed E-state index contributed by atoms with van der Waals surface area (Å²) in [5.74, 6) is 1.23. The summed E-state index contributed by atoms with van der Waals surface area (Å²) in [6.45, 7) is 9.75. The highest BCUT2D eigenvalue weighted by Gasteiger charge is 2.46. The molecule has 2 N–H and O–H groups in total. The van der Waals surface area contributed by atoms with Crippen LogP contribution in [0, 0.1) is 30.6 Å². The summed E-state index contributed by atoms with van der Waals surface area (Å²) in [7, 11) is 0. The van der Waals surface area contributed by atoms with E-state index in [1.54, 1.807) is 0 Å². The van der Waals surface area contributed by atoms with Gasteiger partial charge in [0.05, 0.1) is 11.7 Å². The Kier molecular flexibility index (Phi) is 7.84. The molecule has 3 fully saturated rings. The first-order valence-corrected chi connectivity index (χ1v) is 18.0. The zero-order chi connectivity index (χ0) is 34.7. The van der Waals surface area contributed by atoms with E-state index in [0.717, 1.165) is 100 Å². The monoisotopic (exact) mass is 675 g/mol. The molecule has 3 aromatic carbocycles. The first-order chi connectivity index (χ1) is 24.8. The highest BCUT2D eigenvalue weighted by molar-refractivity contribution is 5.91. The molecule has 5 heterocycles. The number of oxazole rings is 1. The Balaban J connectivity index is 0.988. The summed E-state index contributed by atoms with van der Waals surface area (Å²) in [6.07, 6.45) is 8.38. The van der Waals surface area contributed by atoms with E-state index in [1.165, 1.54) is 19.3 Å². The molecular formula is C42H41N7O2. The molecule has 9 heteroatoms. The van der Waals surface area contributed by atoms with Crippen LogP contribution in [-0.2, 0) is 13.1 Å². The maximum Gasteiger partial charge on any atom is 0.227 e. The van der Waals surface area contributed by atoms with Gasteiger partial charge in [-0.05, 0) is 108 Å². The van der Waals surface area contributed by atoms with Crippen molar-refractivity contribution < 1.29 is 9.52 Å². The Bertz CT molecular complexity index is 2350. The van der Waals surface area contributed by atoms with Crippen LogP contribution in [-0.4, -0.2) is 62.1 Å². The molecule has 2 saturated heterocycles. The van der Waals surface area contributed by atoms with E-state index in [2.05, 4.69) is 76.4 Å². The number of nitriles is 1. The minimum absolute atomic E-state index is 0.240. The third-order valence-electron chi connectivity index (χ3n) is 11.4. The van der Waals surface area contributed by atoms with Crippen LogP contribution in [0.3, 0.4) is 0 Å². The highest BCUT2D eigenvalue weighted by Crippen LogP contribution is 2.48. The molecule has 51 heavy (non-hydrogen) atoms. The van der Waals surface area contributed by atoms with Crippen LogP contribution in [0.4, 0.5) is 11.5 Å². The van der Waals surface area contributed by atoms with Gasteiger partial charge in [0.2, 0.25) is 5.89 Å². The van der Waals surface area contributed by atoms with Crippen molar-refractivity contribution >= 4 is 33.5 Å². The second-order valence-electron chi connectivity index (χ2n) is 15.0. The van der Waals surface area contributed by atoms with E-state index in [9.17, 15) is 10.4 Å². The first-order valence-electron chi connectivity index (χ1n) is 18.0. The van der Waals surface area contributed by atoms with Crippen LogP contribution in [0.5, 0.6) is 0 Å². The molecule has 2 aliphatic heterocycles. The molecule has 1 saturated carbocycles. The lowest BCUT2D eigenvalue weighted by atomic mass is 9.63. The maximum atomic E-state index is 10.0. The third kappa shape index (κ3) is 5.83. The van der Waals surface area contributed by atoms with Crippen LogP contribution < -0.4 is 5.32 Å². The number of aliphatic hydroxyl groups is 1. The summed E-state index contributed by atoms with van der Waals surface area (Å²) in [6, 6.07) is 23.1. The van der Waals surface area contributed by atoms with Crippen molar-refractivity contribution in [3.05, 3.63) is 101 Å². The second-order valence-corrected chi connectivity index (χ2v) is 15.0. The number of aliphatic hydroxyl groups excluding tert-OH is 1. The Morgan fingerprint density at radius 3 is 2.49 bits per heavy atom. The fourth-order valence-corrected chi connectivity index (χ4v) is 8.49.